The summed E-state index contributed by atoms with van der Waals surface area (Å²) in [6, 6.07) is 0. The number of Topliss-reactive ketones (excluding diaryl/α,β-unsaturated/α-hetero) is 1. The number of nitrogens with zero attached hydrogens (tertiary/aromatic N) is 1. The molecule has 0 bridgehead atoms. The molecule has 1 heterocycles. The molecule has 0 aromatic rings. The lowest BCUT2D eigenvalue weighted by Gasteiger charge is -2.31. The Morgan fingerprint density at radius 2 is 2.00 bits per heavy atom. The SMILES string of the molecule is CC1CCCC(OC(=O)N2CCC(=O)CC2)C1. The Kier molecular flexibility index (Phi) is 4.02. The Hall–Kier alpha value is -1.06. The Morgan fingerprint density at radius 3 is 2.65 bits per heavy atom. The maximum Gasteiger partial charge on any atom is 0.410 e. The van der Waals surface area contributed by atoms with Gasteiger partial charge < -0.3 is 9.64 Å². The summed E-state index contributed by atoms with van der Waals surface area (Å²) in [6.45, 7) is 3.26. The van der Waals surface area contributed by atoms with Crippen LogP contribution in [0.4, 0.5) is 4.79 Å². The summed E-state index contributed by atoms with van der Waals surface area (Å²) >= 11 is 0. The number of hydrogen-bond donors (Lipinski definition) is 0. The molecule has 4 nitrogen and oxygen atoms in total. The molecule has 1 aliphatic heterocycles. The molecular weight excluding hydrogens is 218 g/mol. The minimum Gasteiger partial charge on any atom is -0.446 e. The van der Waals surface area contributed by atoms with Gasteiger partial charge in [-0.15, -0.1) is 0 Å². The van der Waals surface area contributed by atoms with E-state index in [0.717, 1.165) is 19.3 Å². The number of carbonyl (C=O) groups excluding carboxylic acids is 2. The molecule has 2 unspecified atom stereocenters. The zero-order valence-corrected chi connectivity index (χ0v) is 10.5. The van der Waals surface area contributed by atoms with E-state index in [0.29, 0.717) is 31.8 Å². The normalized spacial score (nSPS) is 30.2. The summed E-state index contributed by atoms with van der Waals surface area (Å²) in [5, 5.41) is 0. The monoisotopic (exact) mass is 239 g/mol. The van der Waals surface area contributed by atoms with Crippen molar-refractivity contribution in [2.24, 2.45) is 5.92 Å². The predicted octanol–water partition coefficient (Wildman–Crippen LogP) is 2.37. The summed E-state index contributed by atoms with van der Waals surface area (Å²) < 4.78 is 5.51. The average molecular weight is 239 g/mol. The van der Waals surface area contributed by atoms with E-state index in [9.17, 15) is 9.59 Å². The van der Waals surface area contributed by atoms with Crippen molar-refractivity contribution in [3.8, 4) is 0 Å². The van der Waals surface area contributed by atoms with Gasteiger partial charge in [-0.1, -0.05) is 13.3 Å². The first-order valence-electron chi connectivity index (χ1n) is 6.62. The zero-order valence-electron chi connectivity index (χ0n) is 10.5. The minimum absolute atomic E-state index is 0.0869. The molecule has 1 saturated heterocycles. The Bertz CT molecular complexity index is 293. The minimum atomic E-state index is -0.225. The molecule has 96 valence electrons. The van der Waals surface area contributed by atoms with Crippen molar-refractivity contribution in [3.05, 3.63) is 0 Å². The third-order valence-corrected chi connectivity index (χ3v) is 3.74. The van der Waals surface area contributed by atoms with Crippen LogP contribution in [0.2, 0.25) is 0 Å². The fourth-order valence-corrected chi connectivity index (χ4v) is 2.64. The quantitative estimate of drug-likeness (QED) is 0.705. The number of carbonyl (C=O) groups is 2. The Labute approximate surface area is 102 Å². The molecule has 0 aromatic heterocycles. The number of piperidine rings is 1. The van der Waals surface area contributed by atoms with Crippen LogP contribution in [-0.4, -0.2) is 36.0 Å². The van der Waals surface area contributed by atoms with E-state index >= 15 is 0 Å². The second-order valence-electron chi connectivity index (χ2n) is 5.30. The zero-order chi connectivity index (χ0) is 12.3. The van der Waals surface area contributed by atoms with Crippen LogP contribution in [0.25, 0.3) is 0 Å². The molecule has 0 spiro atoms. The van der Waals surface area contributed by atoms with Gasteiger partial charge in [0, 0.05) is 25.9 Å². The molecule has 0 radical (unpaired) electrons. The predicted molar refractivity (Wildman–Crippen MR) is 63.7 cm³/mol. The Morgan fingerprint density at radius 1 is 1.29 bits per heavy atom. The van der Waals surface area contributed by atoms with Gasteiger partial charge in [-0.25, -0.2) is 4.79 Å². The van der Waals surface area contributed by atoms with Crippen LogP contribution in [0.15, 0.2) is 0 Å². The van der Waals surface area contributed by atoms with E-state index in [2.05, 4.69) is 6.92 Å². The third kappa shape index (κ3) is 3.45. The van der Waals surface area contributed by atoms with Crippen molar-refractivity contribution in [1.82, 2.24) is 4.90 Å². The van der Waals surface area contributed by atoms with Crippen LogP contribution in [0, 0.1) is 5.92 Å². The molecule has 2 rings (SSSR count). The van der Waals surface area contributed by atoms with E-state index in [-0.39, 0.29) is 18.0 Å². The van der Waals surface area contributed by atoms with Crippen LogP contribution in [0.3, 0.4) is 0 Å². The number of amides is 1. The number of ether oxygens (including phenoxy) is 1. The summed E-state index contributed by atoms with van der Waals surface area (Å²) in [4.78, 5) is 24.6. The van der Waals surface area contributed by atoms with E-state index in [1.807, 2.05) is 0 Å². The fraction of sp³-hybridized carbons (Fsp3) is 0.846. The van der Waals surface area contributed by atoms with Crippen molar-refractivity contribution in [1.29, 1.82) is 0 Å². The van der Waals surface area contributed by atoms with Gasteiger partial charge in [-0.05, 0) is 25.2 Å². The van der Waals surface area contributed by atoms with Gasteiger partial charge in [0.1, 0.15) is 11.9 Å². The van der Waals surface area contributed by atoms with E-state index in [4.69, 9.17) is 4.74 Å². The molecule has 0 N–H and O–H groups in total. The van der Waals surface area contributed by atoms with Crippen LogP contribution in [-0.2, 0) is 9.53 Å². The van der Waals surface area contributed by atoms with Gasteiger partial charge in [0.2, 0.25) is 0 Å². The summed E-state index contributed by atoms with van der Waals surface area (Å²) in [5.41, 5.74) is 0. The van der Waals surface area contributed by atoms with Crippen LogP contribution >= 0.6 is 0 Å². The second-order valence-corrected chi connectivity index (χ2v) is 5.30. The number of rotatable bonds is 1. The molecule has 1 aliphatic carbocycles. The molecule has 4 heteroatoms. The molecule has 0 aromatic carbocycles. The first-order valence-corrected chi connectivity index (χ1v) is 6.62. The van der Waals surface area contributed by atoms with Crippen molar-refractivity contribution in [2.75, 3.05) is 13.1 Å². The van der Waals surface area contributed by atoms with Gasteiger partial charge in [-0.3, -0.25) is 4.79 Å². The van der Waals surface area contributed by atoms with Crippen LogP contribution in [0.1, 0.15) is 45.4 Å². The summed E-state index contributed by atoms with van der Waals surface area (Å²) in [7, 11) is 0. The maximum absolute atomic E-state index is 11.9. The highest BCUT2D eigenvalue weighted by atomic mass is 16.6. The highest BCUT2D eigenvalue weighted by Crippen LogP contribution is 2.26. The summed E-state index contributed by atoms with van der Waals surface area (Å²) in [6.07, 6.45) is 5.19. The molecule has 17 heavy (non-hydrogen) atoms. The van der Waals surface area contributed by atoms with Gasteiger partial charge in [0.15, 0.2) is 0 Å². The number of likely N-dealkylation sites (tertiary alicyclic amines) is 1. The Balaban J connectivity index is 1.78. The molecular formula is C13H21NO3. The lowest BCUT2D eigenvalue weighted by molar-refractivity contribution is -0.121. The number of hydrogen-bond acceptors (Lipinski definition) is 3. The standard InChI is InChI=1S/C13H21NO3/c1-10-3-2-4-12(9-10)17-13(16)14-7-5-11(15)6-8-14/h10,12H,2-9H2,1H3. The van der Waals surface area contributed by atoms with Crippen molar-refractivity contribution >= 4 is 11.9 Å². The third-order valence-electron chi connectivity index (χ3n) is 3.74. The van der Waals surface area contributed by atoms with Gasteiger partial charge in [0.05, 0.1) is 0 Å². The van der Waals surface area contributed by atoms with E-state index in [1.54, 1.807) is 4.90 Å². The van der Waals surface area contributed by atoms with Crippen molar-refractivity contribution < 1.29 is 14.3 Å². The van der Waals surface area contributed by atoms with E-state index < -0.39 is 0 Å². The lowest BCUT2D eigenvalue weighted by atomic mass is 9.89. The van der Waals surface area contributed by atoms with Gasteiger partial charge in [0.25, 0.3) is 0 Å². The molecule has 2 atom stereocenters. The highest BCUT2D eigenvalue weighted by Gasteiger charge is 2.26. The average Bonchev–Trinajstić information content (AvgIpc) is 2.29. The van der Waals surface area contributed by atoms with E-state index in [1.165, 1.54) is 6.42 Å². The molecule has 2 fully saturated rings. The summed E-state index contributed by atoms with van der Waals surface area (Å²) in [5.74, 6) is 0.907. The molecule has 1 amide bonds. The highest BCUT2D eigenvalue weighted by molar-refractivity contribution is 5.81. The van der Waals surface area contributed by atoms with Crippen LogP contribution < -0.4 is 0 Å². The van der Waals surface area contributed by atoms with Crippen molar-refractivity contribution in [3.63, 3.8) is 0 Å². The topological polar surface area (TPSA) is 46.6 Å². The van der Waals surface area contributed by atoms with Gasteiger partial charge >= 0.3 is 6.09 Å². The molecule has 2 aliphatic rings. The lowest BCUT2D eigenvalue weighted by Crippen LogP contribution is -2.41. The van der Waals surface area contributed by atoms with Crippen LogP contribution in [0.5, 0.6) is 0 Å². The first-order chi connectivity index (χ1) is 8.15. The second kappa shape index (κ2) is 5.52. The number of ketones is 1. The first kappa shape index (κ1) is 12.4. The smallest absolute Gasteiger partial charge is 0.410 e. The van der Waals surface area contributed by atoms with Crippen molar-refractivity contribution in [2.45, 2.75) is 51.6 Å². The van der Waals surface area contributed by atoms with Gasteiger partial charge in [-0.2, -0.15) is 0 Å². The molecule has 1 saturated carbocycles. The fourth-order valence-electron chi connectivity index (χ4n) is 2.64. The largest absolute Gasteiger partial charge is 0.446 e. The maximum atomic E-state index is 11.9.